The molecule has 38 heavy (non-hydrogen) atoms. The van der Waals surface area contributed by atoms with Gasteiger partial charge in [0.1, 0.15) is 12.1 Å². The summed E-state index contributed by atoms with van der Waals surface area (Å²) in [4.78, 5) is 45.3. The molecule has 3 amide bonds. The molecular formula is C28H33ClN4O5. The van der Waals surface area contributed by atoms with E-state index < -0.39 is 11.0 Å². The van der Waals surface area contributed by atoms with Crippen LogP contribution >= 0.6 is 11.6 Å². The molecule has 2 aromatic rings. The predicted octanol–water partition coefficient (Wildman–Crippen LogP) is 2.96. The van der Waals surface area contributed by atoms with Crippen LogP contribution in [0.1, 0.15) is 32.3 Å². The Bertz CT molecular complexity index is 1210. The van der Waals surface area contributed by atoms with E-state index in [1.807, 2.05) is 67.3 Å². The van der Waals surface area contributed by atoms with Crippen LogP contribution in [0.15, 0.2) is 48.5 Å². The molecular weight excluding hydrogens is 508 g/mol. The minimum absolute atomic E-state index is 0.00110. The number of anilines is 1. The molecule has 0 bridgehead atoms. The number of ether oxygens (including phenoxy) is 2. The van der Waals surface area contributed by atoms with Gasteiger partial charge in [-0.3, -0.25) is 14.4 Å². The van der Waals surface area contributed by atoms with Crippen molar-refractivity contribution in [1.82, 2.24) is 15.1 Å². The SMILES string of the molecule is CC(C)(CCl)C(=O)N1CCC2(CC1)C(=O)N(CC(=O)NCc1ccc3c(c1)OCO3)CN2c1ccccc1. The lowest BCUT2D eigenvalue weighted by atomic mass is 9.84. The molecule has 202 valence electrons. The van der Waals surface area contributed by atoms with Gasteiger partial charge < -0.3 is 29.5 Å². The average Bonchev–Trinajstić information content (AvgIpc) is 3.51. The van der Waals surface area contributed by atoms with Crippen molar-refractivity contribution >= 4 is 35.0 Å². The first kappa shape index (κ1) is 26.2. The molecule has 0 unspecified atom stereocenters. The van der Waals surface area contributed by atoms with E-state index in [1.54, 1.807) is 4.90 Å². The fourth-order valence-electron chi connectivity index (χ4n) is 5.37. The predicted molar refractivity (Wildman–Crippen MR) is 143 cm³/mol. The Balaban J connectivity index is 1.28. The zero-order chi connectivity index (χ0) is 26.9. The maximum Gasteiger partial charge on any atom is 0.250 e. The Labute approximate surface area is 227 Å². The van der Waals surface area contributed by atoms with Crippen molar-refractivity contribution in [2.24, 2.45) is 5.41 Å². The third-order valence-corrected chi connectivity index (χ3v) is 8.30. The maximum absolute atomic E-state index is 13.9. The zero-order valence-corrected chi connectivity index (χ0v) is 22.5. The van der Waals surface area contributed by atoms with Crippen LogP contribution in [0, 0.1) is 5.41 Å². The van der Waals surface area contributed by atoms with Crippen molar-refractivity contribution in [1.29, 1.82) is 0 Å². The van der Waals surface area contributed by atoms with E-state index in [1.165, 1.54) is 0 Å². The molecule has 9 nitrogen and oxygen atoms in total. The number of hydrogen-bond donors (Lipinski definition) is 1. The molecule has 0 aromatic heterocycles. The van der Waals surface area contributed by atoms with E-state index >= 15 is 0 Å². The first-order valence-corrected chi connectivity index (χ1v) is 13.4. The molecule has 5 rings (SSSR count). The van der Waals surface area contributed by atoms with Crippen molar-refractivity contribution in [3.8, 4) is 11.5 Å². The Morgan fingerprint density at radius 1 is 1.05 bits per heavy atom. The first-order valence-electron chi connectivity index (χ1n) is 12.9. The summed E-state index contributed by atoms with van der Waals surface area (Å²) < 4.78 is 10.7. The number of nitrogens with one attached hydrogen (secondary N) is 1. The van der Waals surface area contributed by atoms with Gasteiger partial charge in [0, 0.05) is 31.2 Å². The fourth-order valence-corrected chi connectivity index (χ4v) is 5.48. The van der Waals surface area contributed by atoms with Gasteiger partial charge in [-0.2, -0.15) is 0 Å². The minimum atomic E-state index is -0.805. The van der Waals surface area contributed by atoms with Gasteiger partial charge in [-0.25, -0.2) is 0 Å². The maximum atomic E-state index is 13.9. The second-order valence-corrected chi connectivity index (χ2v) is 11.0. The van der Waals surface area contributed by atoms with Crippen LogP contribution in [-0.2, 0) is 20.9 Å². The van der Waals surface area contributed by atoms with E-state index in [4.69, 9.17) is 21.1 Å². The van der Waals surface area contributed by atoms with Crippen LogP contribution in [0.25, 0.3) is 0 Å². The summed E-state index contributed by atoms with van der Waals surface area (Å²) in [5.41, 5.74) is 0.341. The number of piperidine rings is 1. The molecule has 0 saturated carbocycles. The average molecular weight is 541 g/mol. The molecule has 2 aromatic carbocycles. The van der Waals surface area contributed by atoms with Gasteiger partial charge in [0.15, 0.2) is 11.5 Å². The van der Waals surface area contributed by atoms with E-state index in [0.29, 0.717) is 50.6 Å². The van der Waals surface area contributed by atoms with E-state index in [0.717, 1.165) is 11.3 Å². The van der Waals surface area contributed by atoms with E-state index in [9.17, 15) is 14.4 Å². The number of alkyl halides is 1. The number of carbonyl (C=O) groups excluding carboxylic acids is 3. The van der Waals surface area contributed by atoms with Crippen LogP contribution < -0.4 is 19.7 Å². The van der Waals surface area contributed by atoms with Crippen LogP contribution in [0.5, 0.6) is 11.5 Å². The Morgan fingerprint density at radius 2 is 1.76 bits per heavy atom. The van der Waals surface area contributed by atoms with Crippen LogP contribution in [-0.4, -0.2) is 72.0 Å². The summed E-state index contributed by atoms with van der Waals surface area (Å²) in [5, 5.41) is 2.92. The number of para-hydroxylation sites is 1. The van der Waals surface area contributed by atoms with Crippen LogP contribution in [0.4, 0.5) is 5.69 Å². The van der Waals surface area contributed by atoms with Crippen molar-refractivity contribution in [3.63, 3.8) is 0 Å². The largest absolute Gasteiger partial charge is 0.454 e. The van der Waals surface area contributed by atoms with Crippen molar-refractivity contribution in [2.45, 2.75) is 38.8 Å². The van der Waals surface area contributed by atoms with Crippen molar-refractivity contribution in [3.05, 3.63) is 54.1 Å². The molecule has 2 fully saturated rings. The number of carbonyl (C=O) groups is 3. The number of fused-ring (bicyclic) bond motifs is 1. The van der Waals surface area contributed by atoms with Gasteiger partial charge in [-0.15, -0.1) is 11.6 Å². The molecule has 3 aliphatic heterocycles. The number of amides is 3. The summed E-state index contributed by atoms with van der Waals surface area (Å²) >= 11 is 6.05. The first-order chi connectivity index (χ1) is 18.2. The fraction of sp³-hybridized carbons (Fsp3) is 0.464. The highest BCUT2D eigenvalue weighted by molar-refractivity contribution is 6.19. The van der Waals surface area contributed by atoms with Crippen molar-refractivity contribution < 1.29 is 23.9 Å². The molecule has 1 spiro atoms. The lowest BCUT2D eigenvalue weighted by Crippen LogP contribution is -2.58. The number of nitrogens with zero attached hydrogens (tertiary/aromatic N) is 3. The van der Waals surface area contributed by atoms with Crippen LogP contribution in [0.3, 0.4) is 0 Å². The molecule has 0 atom stereocenters. The second-order valence-electron chi connectivity index (χ2n) is 10.7. The lowest BCUT2D eigenvalue weighted by Gasteiger charge is -2.44. The standard InChI is InChI=1S/C28H33ClN4O5/c1-27(2,17-29)25(35)31-12-10-28(11-13-31)26(36)32(18-33(28)21-6-4-3-5-7-21)16-24(34)30-15-20-8-9-22-23(14-20)38-19-37-22/h3-9,14H,10-13,15-19H2,1-2H3,(H,30,34). The summed E-state index contributed by atoms with van der Waals surface area (Å²) in [7, 11) is 0. The third kappa shape index (κ3) is 4.87. The summed E-state index contributed by atoms with van der Waals surface area (Å²) in [6.45, 7) is 5.37. The smallest absolute Gasteiger partial charge is 0.250 e. The number of halogens is 1. The second kappa shape index (κ2) is 10.4. The molecule has 1 N–H and O–H groups in total. The lowest BCUT2D eigenvalue weighted by molar-refractivity contribution is -0.144. The number of rotatable bonds is 7. The third-order valence-electron chi connectivity index (χ3n) is 7.63. The molecule has 3 heterocycles. The van der Waals surface area contributed by atoms with Crippen LogP contribution in [0.2, 0.25) is 0 Å². The highest BCUT2D eigenvalue weighted by Crippen LogP contribution is 2.40. The van der Waals surface area contributed by atoms with Crippen molar-refractivity contribution in [2.75, 3.05) is 43.9 Å². The molecule has 3 aliphatic rings. The minimum Gasteiger partial charge on any atom is -0.454 e. The van der Waals surface area contributed by atoms with Gasteiger partial charge in [0.25, 0.3) is 5.91 Å². The Morgan fingerprint density at radius 3 is 2.47 bits per heavy atom. The summed E-state index contributed by atoms with van der Waals surface area (Å²) in [6, 6.07) is 15.3. The highest BCUT2D eigenvalue weighted by atomic mass is 35.5. The van der Waals surface area contributed by atoms with Gasteiger partial charge >= 0.3 is 0 Å². The van der Waals surface area contributed by atoms with E-state index in [-0.39, 0.29) is 36.9 Å². The molecule has 0 radical (unpaired) electrons. The topological polar surface area (TPSA) is 91.4 Å². The van der Waals surface area contributed by atoms with Gasteiger partial charge in [0.2, 0.25) is 18.6 Å². The van der Waals surface area contributed by atoms with Gasteiger partial charge in [-0.05, 0) is 56.5 Å². The quantitative estimate of drug-likeness (QED) is 0.543. The summed E-state index contributed by atoms with van der Waals surface area (Å²) in [6.07, 6.45) is 0.973. The Kier molecular flexibility index (Phi) is 7.13. The Hall–Kier alpha value is -3.46. The zero-order valence-electron chi connectivity index (χ0n) is 21.7. The molecule has 10 heteroatoms. The number of hydrogen-bond acceptors (Lipinski definition) is 6. The molecule has 0 aliphatic carbocycles. The molecule has 2 saturated heterocycles. The normalized spacial score (nSPS) is 18.3. The van der Waals surface area contributed by atoms with Gasteiger partial charge in [-0.1, -0.05) is 24.3 Å². The monoisotopic (exact) mass is 540 g/mol. The number of benzene rings is 2. The van der Waals surface area contributed by atoms with E-state index in [2.05, 4.69) is 10.2 Å². The van der Waals surface area contributed by atoms with Gasteiger partial charge in [0.05, 0.1) is 12.1 Å². The summed E-state index contributed by atoms with van der Waals surface area (Å²) in [5.74, 6) is 1.26. The highest BCUT2D eigenvalue weighted by Gasteiger charge is 2.54. The number of likely N-dealkylation sites (tertiary alicyclic amines) is 1.